The average molecular weight is 407 g/mol. The van der Waals surface area contributed by atoms with Crippen LogP contribution in [0.1, 0.15) is 17.2 Å². The highest BCUT2D eigenvalue weighted by atomic mass is 127. The second-order valence-corrected chi connectivity index (χ2v) is 5.77. The van der Waals surface area contributed by atoms with Crippen LogP contribution < -0.4 is 5.32 Å². The van der Waals surface area contributed by atoms with Crippen LogP contribution in [0, 0.1) is 3.57 Å². The lowest BCUT2D eigenvalue weighted by Crippen LogP contribution is -2.12. The molecule has 0 saturated heterocycles. The fourth-order valence-electron chi connectivity index (χ4n) is 1.83. The molecule has 1 unspecified atom stereocenters. The first-order chi connectivity index (χ1) is 9.86. The van der Waals surface area contributed by atoms with Crippen molar-refractivity contribution in [3.63, 3.8) is 0 Å². The standard InChI is InChI=1S/C15H13F3INO/c16-15(17,18)11-6-4-10(5-7-11)14(21)9-20-13-3-1-2-12(19)8-13/h1-8,14,20-21H,9H2. The minimum absolute atomic E-state index is 0.228. The van der Waals surface area contributed by atoms with Crippen LogP contribution in [-0.4, -0.2) is 11.7 Å². The Morgan fingerprint density at radius 2 is 1.76 bits per heavy atom. The third-order valence-corrected chi connectivity index (χ3v) is 3.62. The van der Waals surface area contributed by atoms with Gasteiger partial charge in [0, 0.05) is 15.8 Å². The van der Waals surface area contributed by atoms with Gasteiger partial charge in [0.1, 0.15) is 0 Å². The summed E-state index contributed by atoms with van der Waals surface area (Å²) >= 11 is 2.18. The third-order valence-electron chi connectivity index (χ3n) is 2.95. The summed E-state index contributed by atoms with van der Waals surface area (Å²) in [5.74, 6) is 0. The van der Waals surface area contributed by atoms with Crippen molar-refractivity contribution in [1.82, 2.24) is 0 Å². The SMILES string of the molecule is OC(CNc1cccc(I)c1)c1ccc(C(F)(F)F)cc1. The molecule has 2 aromatic carbocycles. The number of anilines is 1. The molecule has 6 heteroatoms. The van der Waals surface area contributed by atoms with E-state index < -0.39 is 17.8 Å². The van der Waals surface area contributed by atoms with Crippen molar-refractivity contribution in [2.75, 3.05) is 11.9 Å². The van der Waals surface area contributed by atoms with Crippen molar-refractivity contribution in [2.45, 2.75) is 12.3 Å². The zero-order valence-corrected chi connectivity index (χ0v) is 13.0. The number of hydrogen-bond donors (Lipinski definition) is 2. The van der Waals surface area contributed by atoms with E-state index in [1.807, 2.05) is 24.3 Å². The van der Waals surface area contributed by atoms with E-state index in [0.717, 1.165) is 21.4 Å². The number of aliphatic hydroxyl groups is 1. The van der Waals surface area contributed by atoms with Gasteiger partial charge in [0.05, 0.1) is 11.7 Å². The van der Waals surface area contributed by atoms with Gasteiger partial charge in [-0.2, -0.15) is 13.2 Å². The van der Waals surface area contributed by atoms with E-state index in [4.69, 9.17) is 0 Å². The molecule has 2 rings (SSSR count). The largest absolute Gasteiger partial charge is 0.416 e. The predicted molar refractivity (Wildman–Crippen MR) is 84.1 cm³/mol. The molecule has 2 aromatic rings. The number of halogens is 4. The maximum atomic E-state index is 12.5. The first kappa shape index (κ1) is 16.1. The van der Waals surface area contributed by atoms with Gasteiger partial charge < -0.3 is 10.4 Å². The van der Waals surface area contributed by atoms with E-state index in [1.54, 1.807) is 0 Å². The molecule has 0 aliphatic carbocycles. The van der Waals surface area contributed by atoms with Gasteiger partial charge >= 0.3 is 6.18 Å². The monoisotopic (exact) mass is 407 g/mol. The number of rotatable bonds is 4. The molecule has 0 aliphatic rings. The number of hydrogen-bond acceptors (Lipinski definition) is 2. The molecule has 0 aliphatic heterocycles. The Morgan fingerprint density at radius 3 is 2.33 bits per heavy atom. The second kappa shape index (κ2) is 6.65. The number of benzene rings is 2. The summed E-state index contributed by atoms with van der Waals surface area (Å²) < 4.78 is 38.4. The van der Waals surface area contributed by atoms with Crippen LogP contribution in [0.15, 0.2) is 48.5 Å². The summed E-state index contributed by atoms with van der Waals surface area (Å²) in [6.45, 7) is 0.228. The quantitative estimate of drug-likeness (QED) is 0.734. The average Bonchev–Trinajstić information content (AvgIpc) is 2.44. The Balaban J connectivity index is 1.99. The van der Waals surface area contributed by atoms with E-state index >= 15 is 0 Å². The molecule has 0 fully saturated rings. The normalized spacial score (nSPS) is 13.0. The molecule has 2 nitrogen and oxygen atoms in total. The summed E-state index contributed by atoms with van der Waals surface area (Å²) in [5, 5.41) is 13.1. The van der Waals surface area contributed by atoms with Crippen molar-refractivity contribution in [2.24, 2.45) is 0 Å². The number of alkyl halides is 3. The van der Waals surface area contributed by atoms with Gasteiger partial charge in [-0.1, -0.05) is 18.2 Å². The molecule has 0 amide bonds. The van der Waals surface area contributed by atoms with E-state index in [2.05, 4.69) is 27.9 Å². The van der Waals surface area contributed by atoms with Crippen LogP contribution in [0.2, 0.25) is 0 Å². The highest BCUT2D eigenvalue weighted by Crippen LogP contribution is 2.30. The van der Waals surface area contributed by atoms with Gasteiger partial charge in [0.15, 0.2) is 0 Å². The number of aliphatic hydroxyl groups excluding tert-OH is 1. The zero-order chi connectivity index (χ0) is 15.5. The molecule has 1 atom stereocenters. The summed E-state index contributed by atoms with van der Waals surface area (Å²) in [5.41, 5.74) is 0.581. The lowest BCUT2D eigenvalue weighted by Gasteiger charge is -2.14. The zero-order valence-electron chi connectivity index (χ0n) is 10.9. The van der Waals surface area contributed by atoms with Gasteiger partial charge in [-0.3, -0.25) is 0 Å². The van der Waals surface area contributed by atoms with Gasteiger partial charge in [-0.05, 0) is 58.5 Å². The van der Waals surface area contributed by atoms with Crippen LogP contribution in [0.4, 0.5) is 18.9 Å². The first-order valence-electron chi connectivity index (χ1n) is 6.21. The topological polar surface area (TPSA) is 32.3 Å². The lowest BCUT2D eigenvalue weighted by atomic mass is 10.1. The van der Waals surface area contributed by atoms with Crippen molar-refractivity contribution in [1.29, 1.82) is 0 Å². The third kappa shape index (κ3) is 4.60. The molecular formula is C15H13F3INO. The van der Waals surface area contributed by atoms with E-state index in [0.29, 0.717) is 5.56 Å². The Bertz CT molecular complexity index is 599. The molecule has 0 spiro atoms. The predicted octanol–water partition coefficient (Wildman–Crippen LogP) is 4.46. The molecule has 2 N–H and O–H groups in total. The molecule has 21 heavy (non-hydrogen) atoms. The van der Waals surface area contributed by atoms with E-state index in [1.165, 1.54) is 12.1 Å². The minimum Gasteiger partial charge on any atom is -0.387 e. The van der Waals surface area contributed by atoms with Crippen LogP contribution in [0.25, 0.3) is 0 Å². The van der Waals surface area contributed by atoms with Gasteiger partial charge in [0.2, 0.25) is 0 Å². The summed E-state index contributed by atoms with van der Waals surface area (Å²) in [4.78, 5) is 0. The van der Waals surface area contributed by atoms with Crippen LogP contribution in [-0.2, 0) is 6.18 Å². The molecular weight excluding hydrogens is 394 g/mol. The Kier molecular flexibility index (Phi) is 5.10. The fourth-order valence-corrected chi connectivity index (χ4v) is 2.37. The fraction of sp³-hybridized carbons (Fsp3) is 0.200. The highest BCUT2D eigenvalue weighted by Gasteiger charge is 2.30. The van der Waals surface area contributed by atoms with E-state index in [-0.39, 0.29) is 6.54 Å². The van der Waals surface area contributed by atoms with Crippen LogP contribution in [0.3, 0.4) is 0 Å². The van der Waals surface area contributed by atoms with Crippen LogP contribution >= 0.6 is 22.6 Å². The van der Waals surface area contributed by atoms with E-state index in [9.17, 15) is 18.3 Å². The number of nitrogens with one attached hydrogen (secondary N) is 1. The Hall–Kier alpha value is -1.28. The highest BCUT2D eigenvalue weighted by molar-refractivity contribution is 14.1. The van der Waals surface area contributed by atoms with Crippen LogP contribution in [0.5, 0.6) is 0 Å². The molecule has 0 heterocycles. The van der Waals surface area contributed by atoms with Gasteiger partial charge in [0.25, 0.3) is 0 Å². The Labute approximate surface area is 134 Å². The maximum Gasteiger partial charge on any atom is 0.416 e. The van der Waals surface area contributed by atoms with Gasteiger partial charge in [-0.15, -0.1) is 0 Å². The summed E-state index contributed by atoms with van der Waals surface area (Å²) in [6, 6.07) is 12.1. The molecule has 0 saturated carbocycles. The molecule has 112 valence electrons. The minimum atomic E-state index is -4.36. The maximum absolute atomic E-state index is 12.5. The summed E-state index contributed by atoms with van der Waals surface area (Å²) in [7, 11) is 0. The first-order valence-corrected chi connectivity index (χ1v) is 7.29. The Morgan fingerprint density at radius 1 is 1.10 bits per heavy atom. The molecule has 0 radical (unpaired) electrons. The smallest absolute Gasteiger partial charge is 0.387 e. The lowest BCUT2D eigenvalue weighted by molar-refractivity contribution is -0.137. The van der Waals surface area contributed by atoms with Crippen molar-refractivity contribution >= 4 is 28.3 Å². The summed E-state index contributed by atoms with van der Waals surface area (Å²) in [6.07, 6.45) is -5.23. The van der Waals surface area contributed by atoms with Crippen molar-refractivity contribution in [3.05, 3.63) is 63.2 Å². The molecule has 0 bridgehead atoms. The van der Waals surface area contributed by atoms with Crippen molar-refractivity contribution in [3.8, 4) is 0 Å². The second-order valence-electron chi connectivity index (χ2n) is 4.53. The van der Waals surface area contributed by atoms with Gasteiger partial charge in [-0.25, -0.2) is 0 Å². The molecule has 0 aromatic heterocycles. The van der Waals surface area contributed by atoms with Crippen molar-refractivity contribution < 1.29 is 18.3 Å².